The van der Waals surface area contributed by atoms with Crippen molar-refractivity contribution in [1.29, 1.82) is 0 Å². The maximum atomic E-state index is 13.2. The zero-order valence-corrected chi connectivity index (χ0v) is 12.7. The van der Waals surface area contributed by atoms with E-state index in [-0.39, 0.29) is 10.8 Å². The van der Waals surface area contributed by atoms with Crippen LogP contribution in [0.5, 0.6) is 0 Å². The first-order valence-electron chi connectivity index (χ1n) is 6.99. The van der Waals surface area contributed by atoms with Crippen LogP contribution < -0.4 is 0 Å². The molecule has 0 N–H and O–H groups in total. The van der Waals surface area contributed by atoms with Crippen LogP contribution in [0.3, 0.4) is 0 Å². The fourth-order valence-electron chi connectivity index (χ4n) is 2.67. The summed E-state index contributed by atoms with van der Waals surface area (Å²) in [6.07, 6.45) is 6.93. The van der Waals surface area contributed by atoms with Crippen molar-refractivity contribution in [2.75, 3.05) is 13.1 Å². The van der Waals surface area contributed by atoms with Crippen molar-refractivity contribution in [3.05, 3.63) is 36.9 Å². The molecule has 0 radical (unpaired) electrons. The molecule has 2 aromatic heterocycles. The lowest BCUT2D eigenvalue weighted by Gasteiger charge is -2.31. The van der Waals surface area contributed by atoms with Gasteiger partial charge in [0.25, 0.3) is 0 Å². The molecular formula is C13H16FN5O2S. The Morgan fingerprint density at radius 1 is 1.32 bits per heavy atom. The smallest absolute Gasteiger partial charge is 0.244 e. The first-order chi connectivity index (χ1) is 10.6. The molecule has 0 aliphatic carbocycles. The molecule has 1 aliphatic heterocycles. The number of halogens is 1. The Labute approximate surface area is 127 Å². The van der Waals surface area contributed by atoms with Crippen LogP contribution >= 0.6 is 0 Å². The minimum atomic E-state index is -3.71. The topological polar surface area (TPSA) is 81.0 Å². The lowest BCUT2D eigenvalue weighted by Crippen LogP contribution is -2.41. The maximum absolute atomic E-state index is 13.2. The highest BCUT2D eigenvalue weighted by atomic mass is 32.2. The van der Waals surface area contributed by atoms with Crippen molar-refractivity contribution >= 4 is 10.0 Å². The standard InChI is InChI=1S/C13H16FN5O2S/c14-12-4-13(6-15-5-12)22(20,21)19-3-1-2-11(8-19)7-18-10-16-9-17-18/h4-6,9-11H,1-3,7-8H2. The third-order valence-electron chi connectivity index (χ3n) is 3.71. The van der Waals surface area contributed by atoms with Gasteiger partial charge in [0, 0.05) is 25.8 Å². The fourth-order valence-corrected chi connectivity index (χ4v) is 4.20. The van der Waals surface area contributed by atoms with Gasteiger partial charge in [-0.05, 0) is 24.8 Å². The fraction of sp³-hybridized carbons (Fsp3) is 0.462. The molecule has 0 amide bonds. The van der Waals surface area contributed by atoms with Crippen molar-refractivity contribution in [3.63, 3.8) is 0 Å². The Morgan fingerprint density at radius 3 is 2.91 bits per heavy atom. The molecule has 0 bridgehead atoms. The van der Waals surface area contributed by atoms with Gasteiger partial charge in [0.15, 0.2) is 0 Å². The Balaban J connectivity index is 1.76. The average Bonchev–Trinajstić information content (AvgIpc) is 3.00. The number of hydrogen-bond acceptors (Lipinski definition) is 5. The monoisotopic (exact) mass is 325 g/mol. The van der Waals surface area contributed by atoms with Crippen LogP contribution in [0, 0.1) is 11.7 Å². The van der Waals surface area contributed by atoms with E-state index in [1.807, 2.05) is 0 Å². The molecule has 2 aromatic rings. The number of piperidine rings is 1. The Bertz CT molecular complexity index is 735. The molecule has 3 heterocycles. The number of rotatable bonds is 4. The average molecular weight is 325 g/mol. The summed E-state index contributed by atoms with van der Waals surface area (Å²) in [6, 6.07) is 1.00. The van der Waals surface area contributed by atoms with Crippen molar-refractivity contribution in [1.82, 2.24) is 24.1 Å². The van der Waals surface area contributed by atoms with Gasteiger partial charge in [-0.2, -0.15) is 9.40 Å². The first-order valence-corrected chi connectivity index (χ1v) is 8.43. The van der Waals surface area contributed by atoms with Gasteiger partial charge in [0.1, 0.15) is 23.4 Å². The van der Waals surface area contributed by atoms with Crippen LogP contribution in [0.1, 0.15) is 12.8 Å². The SMILES string of the molecule is O=S(=O)(c1cncc(F)c1)N1CCCC(Cn2cncn2)C1. The molecule has 1 fully saturated rings. The molecule has 1 saturated heterocycles. The third kappa shape index (κ3) is 3.14. The highest BCUT2D eigenvalue weighted by Crippen LogP contribution is 2.24. The van der Waals surface area contributed by atoms with Crippen molar-refractivity contribution in [2.24, 2.45) is 5.92 Å². The van der Waals surface area contributed by atoms with Crippen molar-refractivity contribution < 1.29 is 12.8 Å². The molecule has 1 aliphatic rings. The molecule has 1 unspecified atom stereocenters. The summed E-state index contributed by atoms with van der Waals surface area (Å²) in [5, 5.41) is 4.05. The van der Waals surface area contributed by atoms with Crippen LogP contribution in [0.25, 0.3) is 0 Å². The lowest BCUT2D eigenvalue weighted by molar-refractivity contribution is 0.239. The highest BCUT2D eigenvalue weighted by Gasteiger charge is 2.30. The molecule has 0 saturated carbocycles. The summed E-state index contributed by atoms with van der Waals surface area (Å²) in [6.45, 7) is 1.44. The van der Waals surface area contributed by atoms with Gasteiger partial charge in [-0.3, -0.25) is 9.67 Å². The lowest BCUT2D eigenvalue weighted by atomic mass is 10.00. The van der Waals surface area contributed by atoms with Gasteiger partial charge in [0.2, 0.25) is 10.0 Å². The van der Waals surface area contributed by atoms with E-state index in [2.05, 4.69) is 15.1 Å². The van der Waals surface area contributed by atoms with E-state index in [0.717, 1.165) is 25.1 Å². The Hall–Kier alpha value is -1.87. The van der Waals surface area contributed by atoms with Crippen LogP contribution in [-0.4, -0.2) is 45.6 Å². The molecule has 22 heavy (non-hydrogen) atoms. The second kappa shape index (κ2) is 6.09. The summed E-state index contributed by atoms with van der Waals surface area (Å²) in [4.78, 5) is 7.40. The van der Waals surface area contributed by atoms with Gasteiger partial charge in [-0.25, -0.2) is 17.8 Å². The van der Waals surface area contributed by atoms with E-state index < -0.39 is 15.8 Å². The van der Waals surface area contributed by atoms with Crippen LogP contribution in [0.15, 0.2) is 36.0 Å². The molecule has 9 heteroatoms. The second-order valence-electron chi connectivity index (χ2n) is 5.33. The van der Waals surface area contributed by atoms with Crippen LogP contribution in [-0.2, 0) is 16.6 Å². The first kappa shape index (κ1) is 15.0. The minimum Gasteiger partial charge on any atom is -0.260 e. The second-order valence-corrected chi connectivity index (χ2v) is 7.27. The molecule has 0 aromatic carbocycles. The minimum absolute atomic E-state index is 0.103. The summed E-state index contributed by atoms with van der Waals surface area (Å²) >= 11 is 0. The Morgan fingerprint density at radius 2 is 2.18 bits per heavy atom. The number of hydrogen-bond donors (Lipinski definition) is 0. The number of nitrogens with zero attached hydrogens (tertiary/aromatic N) is 5. The van der Waals surface area contributed by atoms with Crippen LogP contribution in [0.2, 0.25) is 0 Å². The van der Waals surface area contributed by atoms with Crippen molar-refractivity contribution in [2.45, 2.75) is 24.3 Å². The van der Waals surface area contributed by atoms with E-state index in [0.29, 0.717) is 19.6 Å². The Kier molecular flexibility index (Phi) is 4.16. The zero-order chi connectivity index (χ0) is 15.6. The largest absolute Gasteiger partial charge is 0.260 e. The summed E-state index contributed by atoms with van der Waals surface area (Å²) < 4.78 is 41.5. The van der Waals surface area contributed by atoms with E-state index in [1.54, 1.807) is 11.0 Å². The van der Waals surface area contributed by atoms with Gasteiger partial charge in [-0.1, -0.05) is 0 Å². The number of aromatic nitrogens is 4. The van der Waals surface area contributed by atoms with Gasteiger partial charge in [-0.15, -0.1) is 0 Å². The van der Waals surface area contributed by atoms with Crippen molar-refractivity contribution in [3.8, 4) is 0 Å². The summed E-state index contributed by atoms with van der Waals surface area (Å²) in [7, 11) is -3.71. The van der Waals surface area contributed by atoms with Crippen LogP contribution in [0.4, 0.5) is 4.39 Å². The molecule has 1 atom stereocenters. The maximum Gasteiger partial charge on any atom is 0.244 e. The normalized spacial score (nSPS) is 20.1. The van der Waals surface area contributed by atoms with Gasteiger partial charge < -0.3 is 0 Å². The number of sulfonamides is 1. The molecule has 3 rings (SSSR count). The predicted octanol–water partition coefficient (Wildman–Crippen LogP) is 0.913. The zero-order valence-electron chi connectivity index (χ0n) is 11.8. The van der Waals surface area contributed by atoms with E-state index in [4.69, 9.17) is 0 Å². The van der Waals surface area contributed by atoms with E-state index >= 15 is 0 Å². The molecule has 7 nitrogen and oxygen atoms in total. The molecular weight excluding hydrogens is 309 g/mol. The molecule has 0 spiro atoms. The molecule has 118 valence electrons. The quantitative estimate of drug-likeness (QED) is 0.835. The highest BCUT2D eigenvalue weighted by molar-refractivity contribution is 7.89. The summed E-state index contributed by atoms with van der Waals surface area (Å²) in [5.74, 6) is -0.496. The van der Waals surface area contributed by atoms with E-state index in [9.17, 15) is 12.8 Å². The number of pyridine rings is 1. The predicted molar refractivity (Wildman–Crippen MR) is 75.7 cm³/mol. The van der Waals surface area contributed by atoms with E-state index in [1.165, 1.54) is 16.8 Å². The van der Waals surface area contributed by atoms with Gasteiger partial charge >= 0.3 is 0 Å². The third-order valence-corrected chi connectivity index (χ3v) is 5.54. The van der Waals surface area contributed by atoms with Gasteiger partial charge in [0.05, 0.1) is 6.20 Å². The summed E-state index contributed by atoms with van der Waals surface area (Å²) in [5.41, 5.74) is 0.